The molecule has 0 bridgehead atoms. The molecule has 1 N–H and O–H groups in total. The molecule has 0 amide bonds. The van der Waals surface area contributed by atoms with E-state index in [1.165, 1.54) is 12.1 Å². The molecule has 0 spiro atoms. The van der Waals surface area contributed by atoms with Crippen molar-refractivity contribution in [1.29, 1.82) is 0 Å². The monoisotopic (exact) mass is 270 g/mol. The molecule has 1 saturated heterocycles. The topological polar surface area (TPSA) is 71.3 Å². The number of nitrogens with one attached hydrogen (secondary N) is 1. The lowest BCUT2D eigenvalue weighted by atomic mass is 10.1. The van der Waals surface area contributed by atoms with Crippen molar-refractivity contribution in [3.05, 3.63) is 27.4 Å². The van der Waals surface area contributed by atoms with Crippen molar-refractivity contribution in [2.75, 3.05) is 25.5 Å². The molecule has 6 nitrogen and oxygen atoms in total. The van der Waals surface area contributed by atoms with E-state index in [1.807, 2.05) is 0 Å². The third kappa shape index (κ3) is 3.08. The van der Waals surface area contributed by atoms with E-state index in [9.17, 15) is 10.1 Å². The Hall–Kier alpha value is -1.40. The van der Waals surface area contributed by atoms with Gasteiger partial charge in [-0.05, 0) is 39.0 Å². The Morgan fingerprint density at radius 1 is 1.50 bits per heavy atom. The van der Waals surface area contributed by atoms with E-state index < -0.39 is 4.92 Å². The smallest absolute Gasteiger partial charge is 0.311 e. The highest BCUT2D eigenvalue weighted by Crippen LogP contribution is 2.26. The second-order valence-corrected chi connectivity index (χ2v) is 4.87. The molecule has 7 heteroatoms. The molecule has 1 aromatic heterocycles. The van der Waals surface area contributed by atoms with Gasteiger partial charge in [-0.25, -0.2) is 4.98 Å². The second-order valence-electron chi connectivity index (χ2n) is 4.48. The molecule has 0 saturated carbocycles. The van der Waals surface area contributed by atoms with Crippen molar-refractivity contribution in [3.8, 4) is 0 Å². The van der Waals surface area contributed by atoms with E-state index in [1.54, 1.807) is 0 Å². The molecule has 0 aliphatic carbocycles. The van der Waals surface area contributed by atoms with Crippen LogP contribution in [0.5, 0.6) is 0 Å². The number of hydrogen-bond donors (Lipinski definition) is 1. The average molecular weight is 271 g/mol. The maximum atomic E-state index is 10.9. The van der Waals surface area contributed by atoms with Crippen LogP contribution in [-0.4, -0.2) is 41.0 Å². The Bertz CT molecular complexity index is 447. The molecule has 1 fully saturated rings. The molecule has 1 aliphatic rings. The van der Waals surface area contributed by atoms with Gasteiger partial charge in [-0.3, -0.25) is 10.1 Å². The van der Waals surface area contributed by atoms with Gasteiger partial charge in [0.2, 0.25) is 5.82 Å². The number of aromatic nitrogens is 1. The van der Waals surface area contributed by atoms with E-state index in [2.05, 4.69) is 22.2 Å². The summed E-state index contributed by atoms with van der Waals surface area (Å²) < 4.78 is 0. The lowest BCUT2D eigenvalue weighted by Gasteiger charge is -2.29. The van der Waals surface area contributed by atoms with Gasteiger partial charge in [0, 0.05) is 12.1 Å². The standard InChI is InChI=1S/C11H15ClN4O2/c1-15-6-4-8(5-7-15)13-11-9(16(17)18)2-3-10(12)14-11/h2-3,8H,4-7H2,1H3,(H,13,14). The van der Waals surface area contributed by atoms with Crippen LogP contribution in [0.1, 0.15) is 12.8 Å². The van der Waals surface area contributed by atoms with Crippen LogP contribution in [0.15, 0.2) is 12.1 Å². The lowest BCUT2D eigenvalue weighted by molar-refractivity contribution is -0.384. The van der Waals surface area contributed by atoms with Gasteiger partial charge in [-0.15, -0.1) is 0 Å². The fourth-order valence-corrected chi connectivity index (χ4v) is 2.18. The number of nitrogens with zero attached hydrogens (tertiary/aromatic N) is 3. The van der Waals surface area contributed by atoms with Gasteiger partial charge in [-0.1, -0.05) is 11.6 Å². The summed E-state index contributed by atoms with van der Waals surface area (Å²) in [5, 5.41) is 14.3. The minimum absolute atomic E-state index is 0.0293. The van der Waals surface area contributed by atoms with Gasteiger partial charge < -0.3 is 10.2 Å². The number of pyridine rings is 1. The summed E-state index contributed by atoms with van der Waals surface area (Å²) in [4.78, 5) is 16.7. The van der Waals surface area contributed by atoms with Crippen LogP contribution < -0.4 is 5.32 Å². The predicted molar refractivity (Wildman–Crippen MR) is 70.0 cm³/mol. The molecule has 0 unspecified atom stereocenters. The van der Waals surface area contributed by atoms with Crippen LogP contribution >= 0.6 is 11.6 Å². The van der Waals surface area contributed by atoms with E-state index in [0.717, 1.165) is 25.9 Å². The summed E-state index contributed by atoms with van der Waals surface area (Å²) in [6.07, 6.45) is 1.89. The van der Waals surface area contributed by atoms with Gasteiger partial charge in [-0.2, -0.15) is 0 Å². The quantitative estimate of drug-likeness (QED) is 0.518. The zero-order chi connectivity index (χ0) is 13.1. The highest BCUT2D eigenvalue weighted by molar-refractivity contribution is 6.29. The zero-order valence-corrected chi connectivity index (χ0v) is 10.9. The lowest BCUT2D eigenvalue weighted by Crippen LogP contribution is -2.37. The Kier molecular flexibility index (Phi) is 3.98. The summed E-state index contributed by atoms with van der Waals surface area (Å²) in [7, 11) is 2.07. The molecule has 2 heterocycles. The zero-order valence-electron chi connectivity index (χ0n) is 10.1. The fraction of sp³-hybridized carbons (Fsp3) is 0.545. The summed E-state index contributed by atoms with van der Waals surface area (Å²) in [6.45, 7) is 1.96. The first-order valence-electron chi connectivity index (χ1n) is 5.82. The third-order valence-electron chi connectivity index (χ3n) is 3.10. The molecule has 1 aliphatic heterocycles. The number of nitro groups is 1. The second kappa shape index (κ2) is 5.49. The Balaban J connectivity index is 2.12. The van der Waals surface area contributed by atoms with E-state index >= 15 is 0 Å². The number of rotatable bonds is 3. The SMILES string of the molecule is CN1CCC(Nc2nc(Cl)ccc2[N+](=O)[O-])CC1. The van der Waals surface area contributed by atoms with Crippen molar-refractivity contribution in [2.45, 2.75) is 18.9 Å². The summed E-state index contributed by atoms with van der Waals surface area (Å²) in [5.41, 5.74) is -0.0293. The van der Waals surface area contributed by atoms with E-state index in [0.29, 0.717) is 0 Å². The largest absolute Gasteiger partial charge is 0.361 e. The average Bonchev–Trinajstić information content (AvgIpc) is 2.32. The first-order chi connectivity index (χ1) is 8.56. The van der Waals surface area contributed by atoms with E-state index in [4.69, 9.17) is 11.6 Å². The van der Waals surface area contributed by atoms with E-state index in [-0.39, 0.29) is 22.7 Å². The molecule has 1 aromatic rings. The first-order valence-corrected chi connectivity index (χ1v) is 6.20. The molecule has 98 valence electrons. The summed E-state index contributed by atoms with van der Waals surface area (Å²) in [5.74, 6) is 0.266. The normalized spacial score (nSPS) is 17.7. The minimum atomic E-state index is -0.444. The van der Waals surface area contributed by atoms with Gasteiger partial charge in [0.15, 0.2) is 0 Å². The number of likely N-dealkylation sites (tertiary alicyclic amines) is 1. The maximum Gasteiger partial charge on any atom is 0.311 e. The van der Waals surface area contributed by atoms with Crippen molar-refractivity contribution in [2.24, 2.45) is 0 Å². The Morgan fingerprint density at radius 3 is 2.78 bits per heavy atom. The van der Waals surface area contributed by atoms with Gasteiger partial charge in [0.25, 0.3) is 0 Å². The van der Waals surface area contributed by atoms with Crippen LogP contribution in [0.4, 0.5) is 11.5 Å². The van der Waals surface area contributed by atoms with Gasteiger partial charge in [0.05, 0.1) is 4.92 Å². The van der Waals surface area contributed by atoms with Crippen LogP contribution in [0.3, 0.4) is 0 Å². The molecule has 2 rings (SSSR count). The van der Waals surface area contributed by atoms with Crippen LogP contribution in [0.25, 0.3) is 0 Å². The van der Waals surface area contributed by atoms with Crippen molar-refractivity contribution in [1.82, 2.24) is 9.88 Å². The molecule has 18 heavy (non-hydrogen) atoms. The summed E-state index contributed by atoms with van der Waals surface area (Å²) >= 11 is 5.78. The van der Waals surface area contributed by atoms with Crippen molar-refractivity contribution in [3.63, 3.8) is 0 Å². The van der Waals surface area contributed by atoms with Crippen LogP contribution in [-0.2, 0) is 0 Å². The molecular formula is C11H15ClN4O2. The number of piperidine rings is 1. The maximum absolute atomic E-state index is 10.9. The Labute approximate surface area is 110 Å². The molecule has 0 aromatic carbocycles. The minimum Gasteiger partial charge on any atom is -0.361 e. The molecule has 0 radical (unpaired) electrons. The summed E-state index contributed by atoms with van der Waals surface area (Å²) in [6, 6.07) is 3.03. The highest BCUT2D eigenvalue weighted by Gasteiger charge is 2.21. The van der Waals surface area contributed by atoms with Gasteiger partial charge in [0.1, 0.15) is 5.15 Å². The molecule has 0 atom stereocenters. The fourth-order valence-electron chi connectivity index (χ4n) is 2.03. The predicted octanol–water partition coefficient (Wildman–Crippen LogP) is 2.15. The van der Waals surface area contributed by atoms with Crippen LogP contribution in [0, 0.1) is 10.1 Å². The molecular weight excluding hydrogens is 256 g/mol. The number of hydrogen-bond acceptors (Lipinski definition) is 5. The highest BCUT2D eigenvalue weighted by atomic mass is 35.5. The first kappa shape index (κ1) is 13.0. The number of anilines is 1. The van der Waals surface area contributed by atoms with Crippen molar-refractivity contribution >= 4 is 23.1 Å². The van der Waals surface area contributed by atoms with Gasteiger partial charge >= 0.3 is 5.69 Å². The number of halogens is 1. The van der Waals surface area contributed by atoms with Crippen LogP contribution in [0.2, 0.25) is 5.15 Å². The Morgan fingerprint density at radius 2 is 2.17 bits per heavy atom. The third-order valence-corrected chi connectivity index (χ3v) is 3.31. The van der Waals surface area contributed by atoms with Crippen molar-refractivity contribution < 1.29 is 4.92 Å².